The van der Waals surface area contributed by atoms with Crippen molar-refractivity contribution in [3.05, 3.63) is 18.5 Å². The lowest BCUT2D eigenvalue weighted by Gasteiger charge is -2.09. The van der Waals surface area contributed by atoms with Crippen molar-refractivity contribution in [2.24, 2.45) is 5.73 Å². The summed E-state index contributed by atoms with van der Waals surface area (Å²) in [5.41, 5.74) is 5.36. The summed E-state index contributed by atoms with van der Waals surface area (Å²) in [7, 11) is 0. The zero-order valence-electron chi connectivity index (χ0n) is 8.67. The molecule has 0 aromatic carbocycles. The van der Waals surface area contributed by atoms with Crippen LogP contribution in [0.15, 0.2) is 18.5 Å². The minimum Gasteiger partial charge on any atom is -0.481 e. The van der Waals surface area contributed by atoms with E-state index >= 15 is 0 Å². The van der Waals surface area contributed by atoms with Crippen LogP contribution >= 0.6 is 0 Å². The van der Waals surface area contributed by atoms with Crippen LogP contribution in [0.3, 0.4) is 0 Å². The van der Waals surface area contributed by atoms with E-state index in [0.29, 0.717) is 13.1 Å². The maximum atomic E-state index is 11.3. The number of nitrogens with two attached hydrogens (primary N) is 1. The van der Waals surface area contributed by atoms with Crippen LogP contribution in [0.5, 0.6) is 0 Å². The largest absolute Gasteiger partial charge is 0.481 e. The summed E-state index contributed by atoms with van der Waals surface area (Å²) in [6.07, 6.45) is 3.04. The smallest absolute Gasteiger partial charge is 0.305 e. The number of aromatic nitrogens is 2. The van der Waals surface area contributed by atoms with Gasteiger partial charge < -0.3 is 16.2 Å². The van der Waals surface area contributed by atoms with Crippen molar-refractivity contribution >= 4 is 11.9 Å². The van der Waals surface area contributed by atoms with Gasteiger partial charge in [0.05, 0.1) is 19.0 Å². The first-order valence-electron chi connectivity index (χ1n) is 4.82. The number of carbonyl (C=O) groups excluding carboxylic acids is 1. The van der Waals surface area contributed by atoms with E-state index in [-0.39, 0.29) is 6.42 Å². The number of carboxylic acid groups (broad SMARTS) is 1. The molecule has 0 radical (unpaired) electrons. The third kappa shape index (κ3) is 4.09. The lowest BCUT2D eigenvalue weighted by atomic mass is 10.2. The lowest BCUT2D eigenvalue weighted by molar-refractivity contribution is -0.139. The van der Waals surface area contributed by atoms with Crippen molar-refractivity contribution in [1.82, 2.24) is 15.1 Å². The first-order valence-corrected chi connectivity index (χ1v) is 4.82. The molecule has 88 valence electrons. The van der Waals surface area contributed by atoms with Crippen molar-refractivity contribution < 1.29 is 14.7 Å². The van der Waals surface area contributed by atoms with E-state index in [0.717, 1.165) is 0 Å². The van der Waals surface area contributed by atoms with Crippen LogP contribution < -0.4 is 11.1 Å². The van der Waals surface area contributed by atoms with Crippen LogP contribution in [0, 0.1) is 0 Å². The predicted octanol–water partition coefficient (Wildman–Crippen LogP) is -1.20. The topological polar surface area (TPSA) is 110 Å². The molecule has 1 aromatic rings. The number of nitrogens with zero attached hydrogens (tertiary/aromatic N) is 2. The molecule has 7 heteroatoms. The van der Waals surface area contributed by atoms with Gasteiger partial charge in [0.2, 0.25) is 5.91 Å². The van der Waals surface area contributed by atoms with E-state index in [4.69, 9.17) is 10.8 Å². The molecule has 1 rings (SSSR count). The zero-order chi connectivity index (χ0) is 12.0. The summed E-state index contributed by atoms with van der Waals surface area (Å²) in [6, 6.07) is 0.771. The first kappa shape index (κ1) is 12.2. The zero-order valence-corrected chi connectivity index (χ0v) is 8.67. The Labute approximate surface area is 92.2 Å². The Balaban J connectivity index is 2.22. The van der Waals surface area contributed by atoms with Crippen molar-refractivity contribution in [3.63, 3.8) is 0 Å². The molecule has 0 aliphatic heterocycles. The number of carbonyl (C=O) groups is 2. The number of nitrogens with one attached hydrogen (secondary N) is 1. The first-order chi connectivity index (χ1) is 7.59. The minimum absolute atomic E-state index is 0.367. The molecule has 0 saturated heterocycles. The van der Waals surface area contributed by atoms with Gasteiger partial charge in [0, 0.05) is 18.9 Å². The number of aliphatic carboxylic acids is 1. The van der Waals surface area contributed by atoms with Gasteiger partial charge in [0.25, 0.3) is 0 Å². The molecule has 0 aliphatic carbocycles. The van der Waals surface area contributed by atoms with E-state index in [2.05, 4.69) is 10.4 Å². The highest BCUT2D eigenvalue weighted by Gasteiger charge is 2.15. The molecule has 1 aromatic heterocycles. The Hall–Kier alpha value is -1.89. The third-order valence-corrected chi connectivity index (χ3v) is 1.93. The fourth-order valence-electron chi connectivity index (χ4n) is 1.14. The second-order valence-corrected chi connectivity index (χ2v) is 3.26. The molecule has 4 N–H and O–H groups in total. The Morgan fingerprint density at radius 2 is 2.31 bits per heavy atom. The van der Waals surface area contributed by atoms with E-state index in [1.54, 1.807) is 23.1 Å². The number of hydrogen-bond donors (Lipinski definition) is 3. The molecule has 0 bridgehead atoms. The average molecular weight is 226 g/mol. The normalized spacial score (nSPS) is 12.1. The molecule has 0 saturated carbocycles. The van der Waals surface area contributed by atoms with Gasteiger partial charge in [0.1, 0.15) is 0 Å². The maximum absolute atomic E-state index is 11.3. The highest BCUT2D eigenvalue weighted by atomic mass is 16.4. The van der Waals surface area contributed by atoms with Gasteiger partial charge in [-0.25, -0.2) is 0 Å². The van der Waals surface area contributed by atoms with Gasteiger partial charge in [-0.2, -0.15) is 5.10 Å². The van der Waals surface area contributed by atoms with E-state index in [1.807, 2.05) is 0 Å². The fraction of sp³-hybridized carbons (Fsp3) is 0.444. The van der Waals surface area contributed by atoms with Crippen LogP contribution in [0.25, 0.3) is 0 Å². The van der Waals surface area contributed by atoms with Crippen LogP contribution in [-0.4, -0.2) is 39.4 Å². The number of hydrogen-bond acceptors (Lipinski definition) is 4. The van der Waals surface area contributed by atoms with Gasteiger partial charge in [-0.3, -0.25) is 14.3 Å². The monoisotopic (exact) mass is 226 g/mol. The van der Waals surface area contributed by atoms with Crippen LogP contribution in [-0.2, 0) is 16.1 Å². The van der Waals surface area contributed by atoms with Gasteiger partial charge in [0.15, 0.2) is 0 Å². The Kier molecular flexibility index (Phi) is 4.46. The summed E-state index contributed by atoms with van der Waals surface area (Å²) < 4.78 is 1.66. The van der Waals surface area contributed by atoms with Crippen LogP contribution in [0.4, 0.5) is 0 Å². The summed E-state index contributed by atoms with van der Waals surface area (Å²) in [5.74, 6) is -1.55. The second kappa shape index (κ2) is 5.86. The van der Waals surface area contributed by atoms with E-state index in [1.165, 1.54) is 0 Å². The molecule has 1 unspecified atom stereocenters. The maximum Gasteiger partial charge on any atom is 0.305 e. The number of carboxylic acids is 1. The molecule has 16 heavy (non-hydrogen) atoms. The summed E-state index contributed by atoms with van der Waals surface area (Å²) in [4.78, 5) is 21.6. The Morgan fingerprint density at radius 3 is 2.88 bits per heavy atom. The predicted molar refractivity (Wildman–Crippen MR) is 55.5 cm³/mol. The highest BCUT2D eigenvalue weighted by Crippen LogP contribution is 1.88. The Bertz CT molecular complexity index is 350. The summed E-state index contributed by atoms with van der Waals surface area (Å²) in [5, 5.41) is 14.9. The van der Waals surface area contributed by atoms with E-state index in [9.17, 15) is 9.59 Å². The molecule has 1 amide bonds. The number of amides is 1. The van der Waals surface area contributed by atoms with E-state index < -0.39 is 17.9 Å². The fourth-order valence-corrected chi connectivity index (χ4v) is 1.14. The van der Waals surface area contributed by atoms with Gasteiger partial charge in [-0.05, 0) is 6.07 Å². The van der Waals surface area contributed by atoms with Crippen molar-refractivity contribution in [2.75, 3.05) is 6.54 Å². The van der Waals surface area contributed by atoms with Crippen molar-refractivity contribution in [3.8, 4) is 0 Å². The quantitative estimate of drug-likeness (QED) is 0.564. The molecule has 1 heterocycles. The van der Waals surface area contributed by atoms with Gasteiger partial charge in [-0.1, -0.05) is 0 Å². The molecule has 7 nitrogen and oxygen atoms in total. The summed E-state index contributed by atoms with van der Waals surface area (Å²) in [6.45, 7) is 0.895. The van der Waals surface area contributed by atoms with Crippen molar-refractivity contribution in [1.29, 1.82) is 0 Å². The molecule has 0 fully saturated rings. The molecular weight excluding hydrogens is 212 g/mol. The van der Waals surface area contributed by atoms with Gasteiger partial charge in [-0.15, -0.1) is 0 Å². The highest BCUT2D eigenvalue weighted by molar-refractivity contribution is 5.85. The molecule has 0 aliphatic rings. The number of rotatable bonds is 6. The van der Waals surface area contributed by atoms with Crippen LogP contribution in [0.2, 0.25) is 0 Å². The lowest BCUT2D eigenvalue weighted by Crippen LogP contribution is -2.42. The molecule has 0 spiro atoms. The molecule has 1 atom stereocenters. The van der Waals surface area contributed by atoms with Crippen molar-refractivity contribution in [2.45, 2.75) is 19.0 Å². The van der Waals surface area contributed by atoms with Gasteiger partial charge >= 0.3 is 5.97 Å². The third-order valence-electron chi connectivity index (χ3n) is 1.93. The van der Waals surface area contributed by atoms with Crippen LogP contribution in [0.1, 0.15) is 6.42 Å². The SMILES string of the molecule is NC(CC(=O)O)C(=O)NCCn1cccn1. The standard InChI is InChI=1S/C9H14N4O3/c10-7(6-8(14)15)9(16)11-3-5-13-4-1-2-12-13/h1-2,4,7H,3,5-6,10H2,(H,11,16)(H,14,15). The minimum atomic E-state index is -1.09. The second-order valence-electron chi connectivity index (χ2n) is 3.26. The molecular formula is C9H14N4O3. The average Bonchev–Trinajstić information content (AvgIpc) is 2.69. The Morgan fingerprint density at radius 1 is 1.56 bits per heavy atom. The summed E-state index contributed by atoms with van der Waals surface area (Å²) >= 11 is 0.